The molecule has 4 aromatic carbocycles. The van der Waals surface area contributed by atoms with Crippen molar-refractivity contribution < 1.29 is 23.9 Å². The van der Waals surface area contributed by atoms with Gasteiger partial charge in [-0.05, 0) is 64.7 Å². The van der Waals surface area contributed by atoms with Crippen LogP contribution in [0.5, 0.6) is 17.5 Å². The number of hydrogen-bond donors (Lipinski definition) is 1. The highest BCUT2D eigenvalue weighted by molar-refractivity contribution is 8.18. The SMILES string of the molecule is COc1cc(/C=C2\SC(=O)N(CC(=O)Nc3cccc4ccccc34)C2=O)ccc1Oc1nc2c(c(=O)n(C)c(=O)n2C)n1Cc1ccc(Cl)cc1Cl. The van der Waals surface area contributed by atoms with Crippen molar-refractivity contribution in [2.75, 3.05) is 19.0 Å². The van der Waals surface area contributed by atoms with Gasteiger partial charge in [-0.15, -0.1) is 0 Å². The summed E-state index contributed by atoms with van der Waals surface area (Å²) in [5.74, 6) is -0.703. The van der Waals surface area contributed by atoms with Crippen LogP contribution in [-0.4, -0.2) is 54.3 Å². The van der Waals surface area contributed by atoms with E-state index in [2.05, 4.69) is 10.3 Å². The molecule has 3 heterocycles. The first-order chi connectivity index (χ1) is 25.4. The number of anilines is 1. The summed E-state index contributed by atoms with van der Waals surface area (Å²) in [4.78, 5) is 70.8. The van der Waals surface area contributed by atoms with E-state index in [1.54, 1.807) is 42.5 Å². The topological polar surface area (TPSA) is 147 Å². The molecular weight excluding hydrogens is 743 g/mol. The van der Waals surface area contributed by atoms with Crippen LogP contribution in [-0.2, 0) is 30.2 Å². The summed E-state index contributed by atoms with van der Waals surface area (Å²) in [6, 6.07) is 22.7. The minimum atomic E-state index is -0.617. The Balaban J connectivity index is 1.15. The van der Waals surface area contributed by atoms with E-state index < -0.39 is 34.8 Å². The van der Waals surface area contributed by atoms with E-state index >= 15 is 0 Å². The quantitative estimate of drug-likeness (QED) is 0.165. The monoisotopic (exact) mass is 770 g/mol. The first-order valence-electron chi connectivity index (χ1n) is 15.9. The van der Waals surface area contributed by atoms with Crippen LogP contribution in [0.2, 0.25) is 10.0 Å². The molecule has 0 aliphatic carbocycles. The first kappa shape index (κ1) is 35.6. The molecule has 0 saturated carbocycles. The lowest BCUT2D eigenvalue weighted by atomic mass is 10.1. The number of ether oxygens (including phenoxy) is 2. The molecule has 1 N–H and O–H groups in total. The van der Waals surface area contributed by atoms with Crippen molar-refractivity contribution in [1.29, 1.82) is 0 Å². The zero-order valence-corrected chi connectivity index (χ0v) is 30.6. The van der Waals surface area contributed by atoms with Crippen LogP contribution in [0, 0.1) is 0 Å². The molecule has 0 unspecified atom stereocenters. The Hall–Kier alpha value is -5.83. The van der Waals surface area contributed by atoms with E-state index in [1.807, 2.05) is 36.4 Å². The van der Waals surface area contributed by atoms with Crippen molar-refractivity contribution >= 4 is 85.7 Å². The molecule has 1 aliphatic heterocycles. The molecule has 13 nitrogen and oxygen atoms in total. The Morgan fingerprint density at radius 3 is 2.47 bits per heavy atom. The molecule has 16 heteroatoms. The van der Waals surface area contributed by atoms with Gasteiger partial charge in [0.1, 0.15) is 6.54 Å². The third-order valence-electron chi connectivity index (χ3n) is 8.58. The molecule has 6 aromatic rings. The summed E-state index contributed by atoms with van der Waals surface area (Å²) in [5, 5.41) is 4.77. The predicted molar refractivity (Wildman–Crippen MR) is 204 cm³/mol. The number of aryl methyl sites for hydroxylation is 1. The second kappa shape index (κ2) is 14.3. The third kappa shape index (κ3) is 6.79. The van der Waals surface area contributed by atoms with Gasteiger partial charge >= 0.3 is 11.7 Å². The zero-order chi connectivity index (χ0) is 37.6. The maximum Gasteiger partial charge on any atom is 0.332 e. The van der Waals surface area contributed by atoms with E-state index in [1.165, 1.54) is 36.4 Å². The number of nitrogens with one attached hydrogen (secondary N) is 1. The van der Waals surface area contributed by atoms with Gasteiger partial charge in [-0.2, -0.15) is 4.98 Å². The minimum Gasteiger partial charge on any atom is -0.493 e. The number of halogens is 2. The fourth-order valence-electron chi connectivity index (χ4n) is 5.88. The number of carbonyl (C=O) groups excluding carboxylic acids is 3. The molecule has 2 aromatic heterocycles. The van der Waals surface area contributed by atoms with Crippen molar-refractivity contribution in [2.24, 2.45) is 14.1 Å². The van der Waals surface area contributed by atoms with E-state index in [0.717, 1.165) is 20.2 Å². The summed E-state index contributed by atoms with van der Waals surface area (Å²) in [6.45, 7) is -0.413. The Morgan fingerprint density at radius 1 is 0.925 bits per heavy atom. The van der Waals surface area contributed by atoms with E-state index in [9.17, 15) is 24.0 Å². The number of rotatable bonds is 9. The number of methoxy groups -OCH3 is 1. The van der Waals surface area contributed by atoms with Crippen molar-refractivity contribution in [3.63, 3.8) is 0 Å². The van der Waals surface area contributed by atoms with Crippen LogP contribution < -0.4 is 26.0 Å². The lowest BCUT2D eigenvalue weighted by Gasteiger charge is -2.14. The van der Waals surface area contributed by atoms with E-state index in [-0.39, 0.29) is 40.1 Å². The number of thioether (sulfide) groups is 1. The van der Waals surface area contributed by atoms with Crippen LogP contribution in [0.1, 0.15) is 11.1 Å². The maximum atomic E-state index is 13.4. The molecular formula is C37H28Cl2N6O7S. The summed E-state index contributed by atoms with van der Waals surface area (Å²) in [6.07, 6.45) is 1.51. The Kier molecular flexibility index (Phi) is 9.60. The van der Waals surface area contributed by atoms with Gasteiger partial charge in [-0.3, -0.25) is 37.8 Å². The van der Waals surface area contributed by atoms with Crippen LogP contribution in [0.4, 0.5) is 10.5 Å². The lowest BCUT2D eigenvalue weighted by Crippen LogP contribution is -2.37. The molecule has 268 valence electrons. The predicted octanol–water partition coefficient (Wildman–Crippen LogP) is 6.42. The highest BCUT2D eigenvalue weighted by Crippen LogP contribution is 2.37. The van der Waals surface area contributed by atoms with Crippen molar-refractivity contribution in [3.05, 3.63) is 126 Å². The minimum absolute atomic E-state index is 0.0294. The van der Waals surface area contributed by atoms with Gasteiger partial charge in [-0.1, -0.05) is 71.7 Å². The molecule has 0 spiro atoms. The number of carbonyl (C=O) groups is 3. The number of hydrogen-bond acceptors (Lipinski definition) is 9. The number of imide groups is 1. The average Bonchev–Trinajstić information content (AvgIpc) is 3.63. The third-order valence-corrected chi connectivity index (χ3v) is 10.1. The molecule has 1 saturated heterocycles. The maximum absolute atomic E-state index is 13.4. The average molecular weight is 772 g/mol. The van der Waals surface area contributed by atoms with Gasteiger partial charge in [0.2, 0.25) is 5.91 Å². The molecule has 1 aliphatic rings. The molecule has 3 amide bonds. The van der Waals surface area contributed by atoms with Gasteiger partial charge in [-0.25, -0.2) is 4.79 Å². The van der Waals surface area contributed by atoms with Gasteiger partial charge < -0.3 is 14.8 Å². The second-order valence-electron chi connectivity index (χ2n) is 11.9. The smallest absolute Gasteiger partial charge is 0.332 e. The Morgan fingerprint density at radius 2 is 1.70 bits per heavy atom. The number of benzene rings is 4. The number of imidazole rings is 1. The number of aromatic nitrogens is 4. The molecule has 0 radical (unpaired) electrons. The fraction of sp³-hybridized carbons (Fsp3) is 0.135. The number of nitrogens with zero attached hydrogens (tertiary/aromatic N) is 5. The highest BCUT2D eigenvalue weighted by atomic mass is 35.5. The summed E-state index contributed by atoms with van der Waals surface area (Å²) < 4.78 is 15.6. The Bertz CT molecular complexity index is 2660. The van der Waals surface area contributed by atoms with Gasteiger partial charge in [0, 0.05) is 35.2 Å². The second-order valence-corrected chi connectivity index (χ2v) is 13.8. The normalized spacial score (nSPS) is 13.8. The molecule has 1 fully saturated rings. The standard InChI is InChI=1S/C37H28Cl2N6O7S/c1-42-32-31(34(48)43(2)36(42)49)44(18-22-12-13-23(38)17-25(22)39)35(41-32)52-27-14-11-20(15-28(27)51-3)16-29-33(47)45(37(50)53-29)19-30(46)40-26-10-6-8-21-7-4-5-9-24(21)26/h4-17H,18-19H2,1-3H3,(H,40,46)/b29-16-. The lowest BCUT2D eigenvalue weighted by molar-refractivity contribution is -0.127. The fourth-order valence-corrected chi connectivity index (χ4v) is 7.19. The van der Waals surface area contributed by atoms with Crippen molar-refractivity contribution in [3.8, 4) is 17.5 Å². The summed E-state index contributed by atoms with van der Waals surface area (Å²) >= 11 is 13.3. The first-order valence-corrected chi connectivity index (χ1v) is 17.5. The highest BCUT2D eigenvalue weighted by Gasteiger charge is 2.36. The van der Waals surface area contributed by atoms with Crippen LogP contribution in [0.25, 0.3) is 28.0 Å². The van der Waals surface area contributed by atoms with Crippen molar-refractivity contribution in [1.82, 2.24) is 23.6 Å². The summed E-state index contributed by atoms with van der Waals surface area (Å²) in [7, 11) is 4.29. The number of fused-ring (bicyclic) bond motifs is 2. The number of amides is 3. The van der Waals surface area contributed by atoms with Gasteiger partial charge in [0.25, 0.3) is 16.7 Å². The van der Waals surface area contributed by atoms with Gasteiger partial charge in [0.05, 0.1) is 18.6 Å². The van der Waals surface area contributed by atoms with Crippen LogP contribution >= 0.6 is 35.0 Å². The van der Waals surface area contributed by atoms with E-state index in [4.69, 9.17) is 32.7 Å². The zero-order valence-electron chi connectivity index (χ0n) is 28.3. The summed E-state index contributed by atoms with van der Waals surface area (Å²) in [5.41, 5.74) is 0.720. The molecule has 0 atom stereocenters. The van der Waals surface area contributed by atoms with Gasteiger partial charge in [0.15, 0.2) is 22.7 Å². The molecule has 0 bridgehead atoms. The van der Waals surface area contributed by atoms with Crippen molar-refractivity contribution in [2.45, 2.75) is 6.54 Å². The van der Waals surface area contributed by atoms with E-state index in [0.29, 0.717) is 38.6 Å². The van der Waals surface area contributed by atoms with Crippen LogP contribution in [0.3, 0.4) is 0 Å². The Labute approximate surface area is 314 Å². The van der Waals surface area contributed by atoms with Crippen LogP contribution in [0.15, 0.2) is 93.4 Å². The molecule has 53 heavy (non-hydrogen) atoms. The molecule has 7 rings (SSSR count). The largest absolute Gasteiger partial charge is 0.493 e.